The summed E-state index contributed by atoms with van der Waals surface area (Å²) < 4.78 is 5.44. The molecule has 2 unspecified atom stereocenters. The predicted octanol–water partition coefficient (Wildman–Crippen LogP) is 0.462. The van der Waals surface area contributed by atoms with Crippen molar-refractivity contribution in [1.29, 1.82) is 0 Å². The van der Waals surface area contributed by atoms with Crippen LogP contribution in [0.3, 0.4) is 0 Å². The highest BCUT2D eigenvalue weighted by atomic mass is 16.5. The molecule has 2 aliphatic heterocycles. The number of rotatable bonds is 5. The van der Waals surface area contributed by atoms with E-state index in [0.29, 0.717) is 30.0 Å². The van der Waals surface area contributed by atoms with Crippen molar-refractivity contribution in [2.75, 3.05) is 30.4 Å². The lowest BCUT2D eigenvalue weighted by molar-refractivity contribution is -0.150. The normalized spacial score (nSPS) is 19.4. The maximum Gasteiger partial charge on any atom is 0.259 e. The Balaban J connectivity index is 1.47. The van der Waals surface area contributed by atoms with Gasteiger partial charge in [0.2, 0.25) is 0 Å². The number of amides is 3. The first-order valence-electron chi connectivity index (χ1n) is 9.98. The van der Waals surface area contributed by atoms with E-state index in [1.54, 1.807) is 54.4 Å². The molecule has 2 aliphatic rings. The SMILES string of the molecule is CN1Cc2cc(N3CCOC(C(O)C(=O)Nc4ccc(CN)cc4)C3=O)ccc2C1=O. The van der Waals surface area contributed by atoms with Crippen molar-refractivity contribution in [2.45, 2.75) is 25.3 Å². The predicted molar refractivity (Wildman–Crippen MR) is 113 cm³/mol. The van der Waals surface area contributed by atoms with Crippen LogP contribution >= 0.6 is 0 Å². The lowest BCUT2D eigenvalue weighted by Crippen LogP contribution is -2.55. The summed E-state index contributed by atoms with van der Waals surface area (Å²) in [6.07, 6.45) is -3.00. The molecular formula is C22H24N4O5. The maximum absolute atomic E-state index is 13.0. The first-order valence-corrected chi connectivity index (χ1v) is 9.98. The largest absolute Gasteiger partial charge is 0.380 e. The zero-order chi connectivity index (χ0) is 22.1. The molecule has 2 atom stereocenters. The number of hydrogen-bond acceptors (Lipinski definition) is 6. The summed E-state index contributed by atoms with van der Waals surface area (Å²) in [7, 11) is 1.72. The minimum atomic E-state index is -1.67. The molecule has 2 aromatic rings. The number of ether oxygens (including phenoxy) is 1. The Kier molecular flexibility index (Phi) is 5.73. The van der Waals surface area contributed by atoms with Crippen LogP contribution in [0.2, 0.25) is 0 Å². The van der Waals surface area contributed by atoms with E-state index in [2.05, 4.69) is 5.32 Å². The van der Waals surface area contributed by atoms with Gasteiger partial charge < -0.3 is 30.7 Å². The van der Waals surface area contributed by atoms with E-state index >= 15 is 0 Å². The minimum absolute atomic E-state index is 0.0562. The summed E-state index contributed by atoms with van der Waals surface area (Å²) in [5.74, 6) is -1.30. The zero-order valence-corrected chi connectivity index (χ0v) is 17.1. The number of anilines is 2. The summed E-state index contributed by atoms with van der Waals surface area (Å²) in [6, 6.07) is 12.1. The van der Waals surface area contributed by atoms with Crippen molar-refractivity contribution < 1.29 is 24.2 Å². The molecule has 2 heterocycles. The van der Waals surface area contributed by atoms with Gasteiger partial charge in [-0.1, -0.05) is 12.1 Å². The number of nitrogens with two attached hydrogens (primary N) is 1. The number of hydrogen-bond donors (Lipinski definition) is 3. The molecule has 1 fully saturated rings. The van der Waals surface area contributed by atoms with Gasteiger partial charge >= 0.3 is 0 Å². The average molecular weight is 424 g/mol. The quantitative estimate of drug-likeness (QED) is 0.641. The number of morpholine rings is 1. The Labute approximate surface area is 179 Å². The van der Waals surface area contributed by atoms with Crippen LogP contribution < -0.4 is 16.0 Å². The van der Waals surface area contributed by atoms with Gasteiger partial charge in [0.15, 0.2) is 12.2 Å². The third-order valence-corrected chi connectivity index (χ3v) is 5.52. The Bertz CT molecular complexity index is 1020. The van der Waals surface area contributed by atoms with Gasteiger partial charge in [-0.3, -0.25) is 14.4 Å². The molecule has 4 rings (SSSR count). The van der Waals surface area contributed by atoms with Crippen LogP contribution in [-0.2, 0) is 27.4 Å². The molecule has 0 aliphatic carbocycles. The van der Waals surface area contributed by atoms with E-state index in [9.17, 15) is 19.5 Å². The first kappa shape index (κ1) is 21.0. The number of benzene rings is 2. The lowest BCUT2D eigenvalue weighted by atomic mass is 10.1. The first-order chi connectivity index (χ1) is 14.9. The third kappa shape index (κ3) is 4.02. The molecule has 31 heavy (non-hydrogen) atoms. The lowest BCUT2D eigenvalue weighted by Gasteiger charge is -2.34. The topological polar surface area (TPSA) is 125 Å². The van der Waals surface area contributed by atoms with E-state index in [1.807, 2.05) is 0 Å². The summed E-state index contributed by atoms with van der Waals surface area (Å²) >= 11 is 0. The van der Waals surface area contributed by atoms with Gasteiger partial charge in [0.05, 0.1) is 6.61 Å². The summed E-state index contributed by atoms with van der Waals surface area (Å²) in [5, 5.41) is 13.1. The van der Waals surface area contributed by atoms with Gasteiger partial charge in [-0.15, -0.1) is 0 Å². The second-order valence-electron chi connectivity index (χ2n) is 7.62. The van der Waals surface area contributed by atoms with E-state index in [1.165, 1.54) is 4.90 Å². The molecule has 4 N–H and O–H groups in total. The van der Waals surface area contributed by atoms with Crippen LogP contribution in [0.5, 0.6) is 0 Å². The molecule has 0 saturated carbocycles. The van der Waals surface area contributed by atoms with E-state index in [-0.39, 0.29) is 19.1 Å². The van der Waals surface area contributed by atoms with Gasteiger partial charge in [0.25, 0.3) is 17.7 Å². The van der Waals surface area contributed by atoms with E-state index < -0.39 is 24.0 Å². The fraction of sp³-hybridized carbons (Fsp3) is 0.318. The summed E-state index contributed by atoms with van der Waals surface area (Å²) in [5.41, 5.74) is 9.00. The van der Waals surface area contributed by atoms with Gasteiger partial charge in [0.1, 0.15) is 0 Å². The fourth-order valence-electron chi connectivity index (χ4n) is 3.79. The number of aliphatic hydroxyl groups is 1. The van der Waals surface area contributed by atoms with Crippen LogP contribution in [0.15, 0.2) is 42.5 Å². The number of nitrogens with zero attached hydrogens (tertiary/aromatic N) is 2. The molecule has 1 saturated heterocycles. The number of nitrogens with one attached hydrogen (secondary N) is 1. The van der Waals surface area contributed by atoms with Crippen molar-refractivity contribution >= 4 is 29.1 Å². The molecule has 3 amide bonds. The fourth-order valence-corrected chi connectivity index (χ4v) is 3.79. The molecule has 0 radical (unpaired) electrons. The van der Waals surface area contributed by atoms with Gasteiger partial charge in [0, 0.05) is 43.6 Å². The molecule has 0 spiro atoms. The Morgan fingerprint density at radius 3 is 2.71 bits per heavy atom. The summed E-state index contributed by atoms with van der Waals surface area (Å²) in [6.45, 7) is 1.30. The molecule has 0 bridgehead atoms. The second kappa shape index (κ2) is 8.46. The molecular weight excluding hydrogens is 400 g/mol. The Morgan fingerprint density at radius 2 is 2.00 bits per heavy atom. The average Bonchev–Trinajstić information content (AvgIpc) is 3.06. The number of fused-ring (bicyclic) bond motifs is 1. The zero-order valence-electron chi connectivity index (χ0n) is 17.1. The standard InChI is InChI=1S/C22H24N4O5/c1-25-12-14-10-16(6-7-17(14)21(25)29)26-8-9-31-19(22(26)30)18(27)20(28)24-15-4-2-13(11-23)3-5-15/h2-7,10,18-19,27H,8-9,11-12,23H2,1H3,(H,24,28). The number of carbonyl (C=O) groups is 3. The van der Waals surface area contributed by atoms with Gasteiger partial charge in [-0.25, -0.2) is 0 Å². The molecule has 9 nitrogen and oxygen atoms in total. The van der Waals surface area contributed by atoms with Crippen molar-refractivity contribution in [1.82, 2.24) is 4.90 Å². The van der Waals surface area contributed by atoms with E-state index in [0.717, 1.165) is 11.1 Å². The van der Waals surface area contributed by atoms with E-state index in [4.69, 9.17) is 10.5 Å². The third-order valence-electron chi connectivity index (χ3n) is 5.52. The Hall–Kier alpha value is -3.27. The highest BCUT2D eigenvalue weighted by Crippen LogP contribution is 2.28. The molecule has 162 valence electrons. The van der Waals surface area contributed by atoms with Crippen molar-refractivity contribution in [3.8, 4) is 0 Å². The number of carbonyl (C=O) groups excluding carboxylic acids is 3. The van der Waals surface area contributed by atoms with Crippen LogP contribution in [0.25, 0.3) is 0 Å². The maximum atomic E-state index is 13.0. The van der Waals surface area contributed by atoms with Crippen molar-refractivity contribution in [3.63, 3.8) is 0 Å². The van der Waals surface area contributed by atoms with Crippen LogP contribution in [0, 0.1) is 0 Å². The molecule has 9 heteroatoms. The van der Waals surface area contributed by atoms with Crippen LogP contribution in [0.1, 0.15) is 21.5 Å². The number of aliphatic hydroxyl groups excluding tert-OH is 1. The highest BCUT2D eigenvalue weighted by Gasteiger charge is 2.39. The van der Waals surface area contributed by atoms with Crippen LogP contribution in [-0.4, -0.2) is 60.1 Å². The van der Waals surface area contributed by atoms with Gasteiger partial charge in [-0.2, -0.15) is 0 Å². The monoisotopic (exact) mass is 424 g/mol. The molecule has 2 aromatic carbocycles. The highest BCUT2D eigenvalue weighted by molar-refractivity contribution is 6.04. The minimum Gasteiger partial charge on any atom is -0.380 e. The smallest absolute Gasteiger partial charge is 0.259 e. The second-order valence-corrected chi connectivity index (χ2v) is 7.62. The molecule has 0 aromatic heterocycles. The summed E-state index contributed by atoms with van der Waals surface area (Å²) in [4.78, 5) is 40.7. The van der Waals surface area contributed by atoms with Crippen molar-refractivity contribution in [3.05, 3.63) is 59.2 Å². The van der Waals surface area contributed by atoms with Crippen molar-refractivity contribution in [2.24, 2.45) is 5.73 Å². The Morgan fingerprint density at radius 1 is 1.26 bits per heavy atom. The van der Waals surface area contributed by atoms with Gasteiger partial charge in [-0.05, 0) is 41.5 Å². The van der Waals surface area contributed by atoms with Crippen LogP contribution in [0.4, 0.5) is 11.4 Å².